The van der Waals surface area contributed by atoms with Crippen molar-refractivity contribution in [3.05, 3.63) is 36.5 Å². The molecule has 0 spiro atoms. The van der Waals surface area contributed by atoms with E-state index in [1.54, 1.807) is 0 Å². The van der Waals surface area contributed by atoms with Crippen LogP contribution in [0.2, 0.25) is 0 Å². The van der Waals surface area contributed by atoms with Crippen LogP contribution in [0.4, 0.5) is 5.69 Å². The Morgan fingerprint density at radius 3 is 2.79 bits per heavy atom. The quantitative estimate of drug-likeness (QED) is 0.849. The van der Waals surface area contributed by atoms with Gasteiger partial charge in [0, 0.05) is 17.4 Å². The van der Waals surface area contributed by atoms with Crippen LogP contribution < -0.4 is 5.73 Å². The van der Waals surface area contributed by atoms with Crippen LogP contribution in [-0.4, -0.2) is 35.7 Å². The summed E-state index contributed by atoms with van der Waals surface area (Å²) in [6, 6.07) is 9.71. The molecule has 2 heterocycles. The summed E-state index contributed by atoms with van der Waals surface area (Å²) in [6.45, 7) is 2.70. The van der Waals surface area contributed by atoms with Gasteiger partial charge in [-0.2, -0.15) is 5.10 Å². The molecule has 0 amide bonds. The zero-order chi connectivity index (χ0) is 13.1. The number of ether oxygens (including phenoxy) is 2. The molecule has 0 radical (unpaired) electrons. The Labute approximate surface area is 111 Å². The Morgan fingerprint density at radius 2 is 2.05 bits per heavy atom. The van der Waals surface area contributed by atoms with E-state index < -0.39 is 0 Å². The molecule has 5 nitrogen and oxygen atoms in total. The average Bonchev–Trinajstić information content (AvgIpc) is 2.89. The Hall–Kier alpha value is -1.85. The van der Waals surface area contributed by atoms with Crippen molar-refractivity contribution in [2.45, 2.75) is 12.6 Å². The lowest BCUT2D eigenvalue weighted by atomic mass is 10.1. The van der Waals surface area contributed by atoms with Gasteiger partial charge in [0.25, 0.3) is 0 Å². The molecule has 1 saturated heterocycles. The summed E-state index contributed by atoms with van der Waals surface area (Å²) in [5, 5.41) is 4.54. The largest absolute Gasteiger partial charge is 0.399 e. The number of nitrogens with zero attached hydrogens (tertiary/aromatic N) is 2. The summed E-state index contributed by atoms with van der Waals surface area (Å²) in [4.78, 5) is 0. The van der Waals surface area contributed by atoms with E-state index in [-0.39, 0.29) is 6.10 Å². The van der Waals surface area contributed by atoms with E-state index in [1.807, 2.05) is 41.2 Å². The van der Waals surface area contributed by atoms with Gasteiger partial charge in [-0.15, -0.1) is 0 Å². The predicted molar refractivity (Wildman–Crippen MR) is 72.6 cm³/mol. The highest BCUT2D eigenvalue weighted by molar-refractivity contribution is 5.61. The van der Waals surface area contributed by atoms with Crippen molar-refractivity contribution in [2.75, 3.05) is 25.6 Å². The number of rotatable bonds is 3. The number of benzene rings is 1. The monoisotopic (exact) mass is 259 g/mol. The predicted octanol–water partition coefficient (Wildman–Crippen LogP) is 1.55. The number of anilines is 1. The SMILES string of the molecule is Nc1ccc(-c2ccn(C[C@H]3COCCO3)n2)cc1. The van der Waals surface area contributed by atoms with Crippen molar-refractivity contribution >= 4 is 5.69 Å². The Morgan fingerprint density at radius 1 is 1.21 bits per heavy atom. The molecule has 1 atom stereocenters. The molecule has 1 fully saturated rings. The zero-order valence-corrected chi connectivity index (χ0v) is 10.7. The summed E-state index contributed by atoms with van der Waals surface area (Å²) in [5.41, 5.74) is 8.44. The van der Waals surface area contributed by atoms with Crippen LogP contribution in [0.25, 0.3) is 11.3 Å². The number of nitrogen functional groups attached to an aromatic ring is 1. The van der Waals surface area contributed by atoms with E-state index in [4.69, 9.17) is 15.2 Å². The van der Waals surface area contributed by atoms with Crippen molar-refractivity contribution in [1.29, 1.82) is 0 Å². The fourth-order valence-corrected chi connectivity index (χ4v) is 2.12. The molecule has 2 aromatic rings. The lowest BCUT2D eigenvalue weighted by molar-refractivity contribution is -0.0946. The lowest BCUT2D eigenvalue weighted by Crippen LogP contribution is -2.32. The first kappa shape index (κ1) is 12.2. The second kappa shape index (κ2) is 5.42. The highest BCUT2D eigenvalue weighted by Gasteiger charge is 2.15. The maximum Gasteiger partial charge on any atom is 0.100 e. The Kier molecular flexibility index (Phi) is 3.48. The molecule has 5 heteroatoms. The average molecular weight is 259 g/mol. The minimum atomic E-state index is 0.0907. The topological polar surface area (TPSA) is 62.3 Å². The Balaban J connectivity index is 1.70. The van der Waals surface area contributed by atoms with E-state index in [9.17, 15) is 0 Å². The molecule has 1 aliphatic rings. The molecule has 1 aromatic heterocycles. The van der Waals surface area contributed by atoms with Crippen molar-refractivity contribution in [2.24, 2.45) is 0 Å². The van der Waals surface area contributed by atoms with E-state index in [0.29, 0.717) is 19.8 Å². The molecule has 100 valence electrons. The van der Waals surface area contributed by atoms with Gasteiger partial charge < -0.3 is 15.2 Å². The van der Waals surface area contributed by atoms with Crippen molar-refractivity contribution < 1.29 is 9.47 Å². The smallest absolute Gasteiger partial charge is 0.100 e. The molecular weight excluding hydrogens is 242 g/mol. The van der Waals surface area contributed by atoms with Gasteiger partial charge in [0.1, 0.15) is 6.10 Å². The zero-order valence-electron chi connectivity index (χ0n) is 10.7. The molecule has 2 N–H and O–H groups in total. The second-order valence-corrected chi connectivity index (χ2v) is 4.61. The minimum absolute atomic E-state index is 0.0907. The van der Waals surface area contributed by atoms with Crippen LogP contribution in [-0.2, 0) is 16.0 Å². The van der Waals surface area contributed by atoms with Gasteiger partial charge in [-0.05, 0) is 18.2 Å². The number of nitrogens with two attached hydrogens (primary N) is 1. The van der Waals surface area contributed by atoms with Crippen LogP contribution in [0.5, 0.6) is 0 Å². The summed E-state index contributed by atoms with van der Waals surface area (Å²) in [6.07, 6.45) is 2.05. The molecule has 0 bridgehead atoms. The van der Waals surface area contributed by atoms with E-state index in [2.05, 4.69) is 5.10 Å². The number of hydrogen-bond donors (Lipinski definition) is 1. The normalized spacial score (nSPS) is 19.5. The van der Waals surface area contributed by atoms with Gasteiger partial charge >= 0.3 is 0 Å². The fourth-order valence-electron chi connectivity index (χ4n) is 2.12. The molecule has 0 unspecified atom stereocenters. The van der Waals surface area contributed by atoms with Gasteiger partial charge in [-0.25, -0.2) is 0 Å². The Bertz CT molecular complexity index is 530. The summed E-state index contributed by atoms with van der Waals surface area (Å²) >= 11 is 0. The summed E-state index contributed by atoms with van der Waals surface area (Å²) in [7, 11) is 0. The standard InChI is InChI=1S/C14H17N3O2/c15-12-3-1-11(2-4-12)14-5-6-17(16-14)9-13-10-18-7-8-19-13/h1-6,13H,7-10,15H2/t13-/m0/s1. The highest BCUT2D eigenvalue weighted by atomic mass is 16.6. The van der Waals surface area contributed by atoms with Crippen LogP contribution in [0, 0.1) is 0 Å². The van der Waals surface area contributed by atoms with Crippen molar-refractivity contribution in [3.63, 3.8) is 0 Å². The van der Waals surface area contributed by atoms with Crippen LogP contribution in [0.1, 0.15) is 0 Å². The molecule has 1 aliphatic heterocycles. The van der Waals surface area contributed by atoms with Crippen LogP contribution in [0.3, 0.4) is 0 Å². The van der Waals surface area contributed by atoms with E-state index in [0.717, 1.165) is 23.5 Å². The maximum absolute atomic E-state index is 5.68. The molecule has 0 saturated carbocycles. The summed E-state index contributed by atoms with van der Waals surface area (Å²) in [5.74, 6) is 0. The first-order valence-electron chi connectivity index (χ1n) is 6.40. The van der Waals surface area contributed by atoms with Gasteiger partial charge in [0.05, 0.1) is 32.1 Å². The first-order chi connectivity index (χ1) is 9.31. The van der Waals surface area contributed by atoms with Gasteiger partial charge in [-0.3, -0.25) is 4.68 Å². The number of hydrogen-bond acceptors (Lipinski definition) is 4. The molecule has 1 aromatic carbocycles. The van der Waals surface area contributed by atoms with Crippen LogP contribution >= 0.6 is 0 Å². The van der Waals surface area contributed by atoms with Crippen molar-refractivity contribution in [1.82, 2.24) is 9.78 Å². The molecule has 19 heavy (non-hydrogen) atoms. The van der Waals surface area contributed by atoms with E-state index >= 15 is 0 Å². The number of aromatic nitrogens is 2. The van der Waals surface area contributed by atoms with Gasteiger partial charge in [-0.1, -0.05) is 12.1 Å². The summed E-state index contributed by atoms with van der Waals surface area (Å²) < 4.78 is 12.9. The molecule has 3 rings (SSSR count). The van der Waals surface area contributed by atoms with Crippen molar-refractivity contribution in [3.8, 4) is 11.3 Å². The van der Waals surface area contributed by atoms with Gasteiger partial charge in [0.2, 0.25) is 0 Å². The molecule has 0 aliphatic carbocycles. The maximum atomic E-state index is 5.68. The minimum Gasteiger partial charge on any atom is -0.399 e. The van der Waals surface area contributed by atoms with Gasteiger partial charge in [0.15, 0.2) is 0 Å². The van der Waals surface area contributed by atoms with E-state index in [1.165, 1.54) is 0 Å². The first-order valence-corrected chi connectivity index (χ1v) is 6.40. The lowest BCUT2D eigenvalue weighted by Gasteiger charge is -2.22. The molecular formula is C14H17N3O2. The highest BCUT2D eigenvalue weighted by Crippen LogP contribution is 2.18. The van der Waals surface area contributed by atoms with Crippen LogP contribution in [0.15, 0.2) is 36.5 Å². The third-order valence-corrected chi connectivity index (χ3v) is 3.12. The second-order valence-electron chi connectivity index (χ2n) is 4.61. The third-order valence-electron chi connectivity index (χ3n) is 3.12. The fraction of sp³-hybridized carbons (Fsp3) is 0.357. The third kappa shape index (κ3) is 2.94.